The fourth-order valence-corrected chi connectivity index (χ4v) is 3.83. The first-order valence-electron chi connectivity index (χ1n) is 10.2. The van der Waals surface area contributed by atoms with Gasteiger partial charge >= 0.3 is 5.97 Å². The van der Waals surface area contributed by atoms with Crippen LogP contribution >= 0.6 is 45.8 Å². The average molecular weight is 610 g/mol. The number of esters is 1. The smallest absolute Gasteiger partial charge is 0.310 e. The maximum Gasteiger partial charge on any atom is 0.310 e. The molecule has 4 aromatic rings. The number of nitrogens with one attached hydrogen (secondary N) is 1. The van der Waals surface area contributed by atoms with Crippen LogP contribution in [0.3, 0.4) is 0 Å². The van der Waals surface area contributed by atoms with Gasteiger partial charge in [0.2, 0.25) is 0 Å². The van der Waals surface area contributed by atoms with Crippen molar-refractivity contribution in [3.8, 4) is 11.5 Å². The zero-order valence-corrected chi connectivity index (χ0v) is 21.3. The van der Waals surface area contributed by atoms with Crippen LogP contribution in [-0.4, -0.2) is 22.9 Å². The summed E-state index contributed by atoms with van der Waals surface area (Å²) in [5.74, 6) is 0.334. The van der Waals surface area contributed by atoms with Crippen molar-refractivity contribution in [1.82, 2.24) is 0 Å². The van der Waals surface area contributed by atoms with E-state index in [-0.39, 0.29) is 24.1 Å². The molecule has 1 N–H and O–H groups in total. The third-order valence-electron chi connectivity index (χ3n) is 4.77. The summed E-state index contributed by atoms with van der Waals surface area (Å²) in [6.07, 6.45) is 0.0229. The molecule has 0 bridgehead atoms. The molecule has 0 aliphatic rings. The first kappa shape index (κ1) is 24.4. The van der Waals surface area contributed by atoms with E-state index in [4.69, 9.17) is 37.1 Å². The largest absolute Gasteiger partial charge is 0.465 e. The molecule has 0 radical (unpaired) electrons. The van der Waals surface area contributed by atoms with E-state index in [1.54, 1.807) is 48.5 Å². The molecular formula is C25H18Cl2INO5. The van der Waals surface area contributed by atoms with Gasteiger partial charge in [-0.25, -0.2) is 0 Å². The molecule has 1 amide bonds. The maximum absolute atomic E-state index is 12.5. The molecule has 0 aliphatic heterocycles. The first-order chi connectivity index (χ1) is 16.4. The van der Waals surface area contributed by atoms with Gasteiger partial charge in [-0.05, 0) is 48.0 Å². The topological polar surface area (TPSA) is 77.8 Å². The highest BCUT2D eigenvalue weighted by molar-refractivity contribution is 14.1. The number of fused-ring (bicyclic) bond motifs is 1. The van der Waals surface area contributed by atoms with Crippen molar-refractivity contribution in [3.05, 3.63) is 88.1 Å². The maximum atomic E-state index is 12.5. The lowest BCUT2D eigenvalue weighted by atomic mass is 10.1. The Kier molecular flexibility index (Phi) is 7.97. The Hall–Kier alpha value is -2.75. The molecule has 1 aromatic heterocycles. The summed E-state index contributed by atoms with van der Waals surface area (Å²) in [5.41, 5.74) is 1.78. The second-order valence-electron chi connectivity index (χ2n) is 7.19. The number of rotatable bonds is 8. The van der Waals surface area contributed by atoms with Gasteiger partial charge in [0, 0.05) is 26.6 Å². The standard InChI is InChI=1S/C25H18Cl2INO5/c26-19-14-22(20(27)11-16(19)13-24(30)32-10-9-28)33-18-7-5-17(6-8-18)29-25(31)23-12-15-3-1-2-4-21(15)34-23/h1-8,11-12,14H,9-10,13H2,(H,29,31). The van der Waals surface area contributed by atoms with Gasteiger partial charge in [-0.1, -0.05) is 64.0 Å². The van der Waals surface area contributed by atoms with Crippen LogP contribution in [-0.2, 0) is 16.0 Å². The molecule has 0 saturated heterocycles. The van der Waals surface area contributed by atoms with Crippen LogP contribution in [0, 0.1) is 0 Å². The molecule has 0 unspecified atom stereocenters. The van der Waals surface area contributed by atoms with Crippen LogP contribution in [0.25, 0.3) is 11.0 Å². The molecule has 4 rings (SSSR count). The van der Waals surface area contributed by atoms with E-state index >= 15 is 0 Å². The van der Waals surface area contributed by atoms with Gasteiger partial charge in [-0.3, -0.25) is 9.59 Å². The van der Waals surface area contributed by atoms with Gasteiger partial charge in [-0.15, -0.1) is 0 Å². The lowest BCUT2D eigenvalue weighted by Gasteiger charge is -2.12. The van der Waals surface area contributed by atoms with Crippen LogP contribution in [0.2, 0.25) is 10.0 Å². The summed E-state index contributed by atoms with van der Waals surface area (Å²) in [5, 5.41) is 4.30. The quantitative estimate of drug-likeness (QED) is 0.129. The molecule has 9 heteroatoms. The Morgan fingerprint density at radius 2 is 1.74 bits per heavy atom. The normalized spacial score (nSPS) is 10.8. The van der Waals surface area contributed by atoms with E-state index < -0.39 is 0 Å². The second kappa shape index (κ2) is 11.1. The van der Waals surface area contributed by atoms with E-state index in [0.717, 1.165) is 5.39 Å². The molecule has 0 aliphatic carbocycles. The van der Waals surface area contributed by atoms with Crippen LogP contribution in [0.1, 0.15) is 16.1 Å². The first-order valence-corrected chi connectivity index (χ1v) is 12.5. The average Bonchev–Trinajstić information content (AvgIpc) is 3.27. The van der Waals surface area contributed by atoms with E-state index in [2.05, 4.69) is 27.9 Å². The predicted octanol–water partition coefficient (Wildman–Crippen LogP) is 7.30. The lowest BCUT2D eigenvalue weighted by molar-refractivity contribution is -0.142. The van der Waals surface area contributed by atoms with Gasteiger partial charge < -0.3 is 19.2 Å². The number of anilines is 1. The van der Waals surface area contributed by atoms with Gasteiger partial charge in [0.25, 0.3) is 5.91 Å². The third-order valence-corrected chi connectivity index (χ3v) is 5.85. The Morgan fingerprint density at radius 3 is 2.47 bits per heavy atom. The van der Waals surface area contributed by atoms with E-state index in [0.29, 0.717) is 49.4 Å². The van der Waals surface area contributed by atoms with E-state index in [9.17, 15) is 9.59 Å². The number of alkyl halides is 1. The predicted molar refractivity (Wildman–Crippen MR) is 141 cm³/mol. The molecule has 34 heavy (non-hydrogen) atoms. The number of halogens is 3. The van der Waals surface area contributed by atoms with E-state index in [1.165, 1.54) is 0 Å². The number of para-hydroxylation sites is 1. The molecule has 3 aromatic carbocycles. The summed E-state index contributed by atoms with van der Waals surface area (Å²) >= 11 is 14.8. The Labute approximate surface area is 219 Å². The van der Waals surface area contributed by atoms with Crippen molar-refractivity contribution >= 4 is 74.3 Å². The van der Waals surface area contributed by atoms with Crippen LogP contribution in [0.15, 0.2) is 71.1 Å². The molecule has 0 spiro atoms. The molecule has 1 heterocycles. The number of furan rings is 1. The Morgan fingerprint density at radius 1 is 0.971 bits per heavy atom. The number of hydrogen-bond donors (Lipinski definition) is 1. The molecule has 174 valence electrons. The zero-order valence-electron chi connectivity index (χ0n) is 17.6. The van der Waals surface area contributed by atoms with Crippen molar-refractivity contribution in [2.75, 3.05) is 16.4 Å². The summed E-state index contributed by atoms with van der Waals surface area (Å²) in [7, 11) is 0. The van der Waals surface area contributed by atoms with Crippen molar-refractivity contribution in [1.29, 1.82) is 0 Å². The molecule has 0 atom stereocenters. The fourth-order valence-electron chi connectivity index (χ4n) is 3.16. The Balaban J connectivity index is 1.40. The van der Waals surface area contributed by atoms with Gasteiger partial charge in [-0.2, -0.15) is 0 Å². The molecular weight excluding hydrogens is 592 g/mol. The minimum absolute atomic E-state index is 0.0229. The van der Waals surface area contributed by atoms with Gasteiger partial charge in [0.1, 0.15) is 23.7 Å². The van der Waals surface area contributed by atoms with E-state index in [1.807, 2.05) is 18.2 Å². The number of carbonyl (C=O) groups excluding carboxylic acids is 2. The highest BCUT2D eigenvalue weighted by atomic mass is 127. The summed E-state index contributed by atoms with van der Waals surface area (Å²) < 4.78 is 17.2. The zero-order chi connectivity index (χ0) is 24.1. The minimum atomic E-state index is -0.372. The molecule has 6 nitrogen and oxygen atoms in total. The molecule has 0 fully saturated rings. The minimum Gasteiger partial charge on any atom is -0.465 e. The molecule has 0 saturated carbocycles. The highest BCUT2D eigenvalue weighted by Gasteiger charge is 2.15. The highest BCUT2D eigenvalue weighted by Crippen LogP contribution is 2.35. The number of benzene rings is 3. The summed E-state index contributed by atoms with van der Waals surface area (Å²) in [4.78, 5) is 24.4. The number of hydrogen-bond acceptors (Lipinski definition) is 5. The van der Waals surface area contributed by atoms with Gasteiger partial charge in [0.05, 0.1) is 11.4 Å². The fraction of sp³-hybridized carbons (Fsp3) is 0.120. The Bertz CT molecular complexity index is 1300. The van der Waals surface area contributed by atoms with Crippen LogP contribution in [0.4, 0.5) is 5.69 Å². The van der Waals surface area contributed by atoms with Crippen molar-refractivity contribution < 1.29 is 23.5 Å². The van der Waals surface area contributed by atoms with Crippen molar-refractivity contribution in [3.63, 3.8) is 0 Å². The SMILES string of the molecule is O=C(Cc1cc(Cl)c(Oc2ccc(NC(=O)c3cc4ccccc4o3)cc2)cc1Cl)OCCI. The summed E-state index contributed by atoms with van der Waals surface area (Å²) in [6.45, 7) is 0.348. The summed E-state index contributed by atoms with van der Waals surface area (Å²) in [6, 6.07) is 19.0. The van der Waals surface area contributed by atoms with Gasteiger partial charge in [0.15, 0.2) is 5.76 Å². The van der Waals surface area contributed by atoms with Crippen LogP contribution < -0.4 is 10.1 Å². The van der Waals surface area contributed by atoms with Crippen LogP contribution in [0.5, 0.6) is 11.5 Å². The number of amides is 1. The lowest BCUT2D eigenvalue weighted by Crippen LogP contribution is -2.10. The third kappa shape index (κ3) is 6.02. The monoisotopic (exact) mass is 609 g/mol. The number of carbonyl (C=O) groups is 2. The second-order valence-corrected chi connectivity index (χ2v) is 9.08. The van der Waals surface area contributed by atoms with Crippen molar-refractivity contribution in [2.24, 2.45) is 0 Å². The number of ether oxygens (including phenoxy) is 2. The van der Waals surface area contributed by atoms with Crippen molar-refractivity contribution in [2.45, 2.75) is 6.42 Å².